The third-order valence-corrected chi connectivity index (χ3v) is 6.88. The van der Waals surface area contributed by atoms with Crippen LogP contribution in [0.2, 0.25) is 0 Å². The van der Waals surface area contributed by atoms with Crippen LogP contribution in [0.5, 0.6) is 0 Å². The number of carbonyl (C=O) groups is 1. The minimum absolute atomic E-state index is 0.0338. The van der Waals surface area contributed by atoms with E-state index in [9.17, 15) is 4.79 Å². The molecule has 0 bridgehead atoms. The third kappa shape index (κ3) is 3.73. The first-order valence-electron chi connectivity index (χ1n) is 12.4. The van der Waals surface area contributed by atoms with Gasteiger partial charge in [0.2, 0.25) is 0 Å². The Kier molecular flexibility index (Phi) is 4.84. The van der Waals surface area contributed by atoms with E-state index in [-0.39, 0.29) is 11.9 Å². The number of amides is 1. The van der Waals surface area contributed by atoms with Crippen LogP contribution in [0, 0.1) is 0 Å². The Balaban J connectivity index is 1.35. The second-order valence-electron chi connectivity index (χ2n) is 9.85. The summed E-state index contributed by atoms with van der Waals surface area (Å²) in [5, 5.41) is 14.9. The highest BCUT2D eigenvalue weighted by Gasteiger charge is 2.33. The Morgan fingerprint density at radius 1 is 1.08 bits per heavy atom. The van der Waals surface area contributed by atoms with Gasteiger partial charge in [-0.3, -0.25) is 9.89 Å². The first kappa shape index (κ1) is 21.7. The fraction of sp³-hybridized carbons (Fsp3) is 0.172. The third-order valence-electron chi connectivity index (χ3n) is 6.88. The molecule has 0 spiro atoms. The van der Waals surface area contributed by atoms with Gasteiger partial charge in [0.05, 0.1) is 16.5 Å². The molecular formula is C29H25N7O. The van der Waals surface area contributed by atoms with Crippen molar-refractivity contribution in [2.45, 2.75) is 32.0 Å². The van der Waals surface area contributed by atoms with Gasteiger partial charge in [0.15, 0.2) is 11.5 Å². The molecule has 8 nitrogen and oxygen atoms in total. The van der Waals surface area contributed by atoms with Gasteiger partial charge in [0.1, 0.15) is 11.2 Å². The SMILES string of the molecule is CC(C)NC(=O)c1cccc2[nH]c(-c3[nH]nc4ncc(/C5=C/C6NC6/C=C/c6ccccc65)cc34)nc12. The summed E-state index contributed by atoms with van der Waals surface area (Å²) in [6.07, 6.45) is 8.59. The molecule has 2 aromatic carbocycles. The predicted octanol–water partition coefficient (Wildman–Crippen LogP) is 4.44. The Morgan fingerprint density at radius 2 is 1.97 bits per heavy atom. The minimum Gasteiger partial charge on any atom is -0.350 e. The maximum absolute atomic E-state index is 12.8. The molecule has 5 aromatic rings. The van der Waals surface area contributed by atoms with Crippen LogP contribution in [-0.2, 0) is 0 Å². The lowest BCUT2D eigenvalue weighted by Crippen LogP contribution is -2.30. The highest BCUT2D eigenvalue weighted by molar-refractivity contribution is 6.06. The van der Waals surface area contributed by atoms with Gasteiger partial charge in [0, 0.05) is 29.9 Å². The molecule has 1 saturated heterocycles. The normalized spacial score (nSPS) is 20.6. The second kappa shape index (κ2) is 8.25. The summed E-state index contributed by atoms with van der Waals surface area (Å²) in [6.45, 7) is 3.88. The lowest BCUT2D eigenvalue weighted by atomic mass is 9.91. The molecule has 182 valence electrons. The van der Waals surface area contributed by atoms with E-state index in [2.05, 4.69) is 79.4 Å². The first-order chi connectivity index (χ1) is 18.0. The summed E-state index contributed by atoms with van der Waals surface area (Å²) in [5.74, 6) is 0.466. The number of rotatable bonds is 4. The Labute approximate surface area is 212 Å². The molecule has 2 atom stereocenters. The van der Waals surface area contributed by atoms with Crippen LogP contribution in [-0.4, -0.2) is 49.2 Å². The average molecular weight is 488 g/mol. The number of benzene rings is 2. The van der Waals surface area contributed by atoms with E-state index in [1.54, 1.807) is 6.07 Å². The molecule has 4 heterocycles. The number of aromatic amines is 2. The number of fused-ring (bicyclic) bond motifs is 4. The molecule has 8 heteroatoms. The van der Waals surface area contributed by atoms with Crippen LogP contribution >= 0.6 is 0 Å². The van der Waals surface area contributed by atoms with Gasteiger partial charge in [0.25, 0.3) is 5.91 Å². The summed E-state index contributed by atoms with van der Waals surface area (Å²) >= 11 is 0. The number of para-hydroxylation sites is 1. The standard InChI is InChI=1S/C29H25N7O/c1-15(2)31-29(37)19-8-5-9-23-25(19)34-28(33-23)26-21-12-17(14-30-27(21)36-35-26)20-13-24-22(32-24)11-10-16-6-3-4-7-18(16)20/h3-15,22,24,32H,1-2H3,(H,31,37)(H,33,34)(H,30,35,36)/b11-10+,20-13-. The number of H-pyrrole nitrogens is 2. The van der Waals surface area contributed by atoms with E-state index in [1.165, 1.54) is 11.1 Å². The fourth-order valence-corrected chi connectivity index (χ4v) is 5.01. The van der Waals surface area contributed by atoms with E-state index in [0.717, 1.165) is 27.7 Å². The molecule has 1 aliphatic carbocycles. The number of aromatic nitrogens is 5. The maximum atomic E-state index is 12.8. The van der Waals surface area contributed by atoms with Crippen molar-refractivity contribution in [1.82, 2.24) is 35.8 Å². The van der Waals surface area contributed by atoms with E-state index < -0.39 is 0 Å². The van der Waals surface area contributed by atoms with Gasteiger partial charge >= 0.3 is 0 Å². The van der Waals surface area contributed by atoms with Gasteiger partial charge in [-0.1, -0.05) is 48.6 Å². The zero-order valence-corrected chi connectivity index (χ0v) is 20.4. The summed E-state index contributed by atoms with van der Waals surface area (Å²) < 4.78 is 0. The van der Waals surface area contributed by atoms with Crippen molar-refractivity contribution in [2.24, 2.45) is 0 Å². The Morgan fingerprint density at radius 3 is 2.86 bits per heavy atom. The van der Waals surface area contributed by atoms with Crippen LogP contribution in [0.25, 0.3) is 45.2 Å². The number of carbonyl (C=O) groups excluding carboxylic acids is 1. The fourth-order valence-electron chi connectivity index (χ4n) is 5.01. The van der Waals surface area contributed by atoms with E-state index in [4.69, 9.17) is 4.98 Å². The van der Waals surface area contributed by atoms with Crippen LogP contribution in [0.4, 0.5) is 0 Å². The molecule has 0 radical (unpaired) electrons. The molecule has 1 fully saturated rings. The number of nitrogens with one attached hydrogen (secondary N) is 4. The predicted molar refractivity (Wildman–Crippen MR) is 145 cm³/mol. The van der Waals surface area contributed by atoms with Crippen molar-refractivity contribution in [3.63, 3.8) is 0 Å². The molecule has 7 rings (SSSR count). The van der Waals surface area contributed by atoms with E-state index in [1.807, 2.05) is 32.2 Å². The van der Waals surface area contributed by atoms with E-state index in [0.29, 0.717) is 34.6 Å². The zero-order valence-electron chi connectivity index (χ0n) is 20.4. The monoisotopic (exact) mass is 487 g/mol. The molecule has 2 unspecified atom stereocenters. The summed E-state index contributed by atoms with van der Waals surface area (Å²) in [5.41, 5.74) is 7.78. The maximum Gasteiger partial charge on any atom is 0.253 e. The summed E-state index contributed by atoms with van der Waals surface area (Å²) in [7, 11) is 0. The van der Waals surface area contributed by atoms with Gasteiger partial charge in [-0.15, -0.1) is 0 Å². The zero-order chi connectivity index (χ0) is 25.1. The summed E-state index contributed by atoms with van der Waals surface area (Å²) in [4.78, 5) is 25.6. The lowest BCUT2D eigenvalue weighted by Gasteiger charge is -2.13. The van der Waals surface area contributed by atoms with Gasteiger partial charge in [-0.2, -0.15) is 5.10 Å². The van der Waals surface area contributed by atoms with Crippen LogP contribution in [0.1, 0.15) is 40.9 Å². The van der Waals surface area contributed by atoms with E-state index >= 15 is 0 Å². The lowest BCUT2D eigenvalue weighted by molar-refractivity contribution is 0.0944. The number of hydrogen-bond acceptors (Lipinski definition) is 5. The van der Waals surface area contributed by atoms with Crippen LogP contribution in [0.15, 0.2) is 66.9 Å². The average Bonchev–Trinajstić information content (AvgIpc) is 3.27. The smallest absolute Gasteiger partial charge is 0.253 e. The Hall–Kier alpha value is -4.56. The minimum atomic E-state index is -0.145. The molecule has 4 N–H and O–H groups in total. The van der Waals surface area contributed by atoms with Crippen LogP contribution < -0.4 is 10.6 Å². The number of pyridine rings is 1. The number of nitrogens with zero attached hydrogens (tertiary/aromatic N) is 3. The topological polar surface area (TPSA) is 121 Å². The molecule has 0 saturated carbocycles. The van der Waals surface area contributed by atoms with Crippen molar-refractivity contribution >= 4 is 39.6 Å². The van der Waals surface area contributed by atoms with Crippen molar-refractivity contribution in [2.75, 3.05) is 0 Å². The molecular weight excluding hydrogens is 462 g/mol. The largest absolute Gasteiger partial charge is 0.350 e. The van der Waals surface area contributed by atoms with Gasteiger partial charge in [-0.05, 0) is 48.7 Å². The highest BCUT2D eigenvalue weighted by atomic mass is 16.1. The van der Waals surface area contributed by atoms with Crippen molar-refractivity contribution in [1.29, 1.82) is 0 Å². The highest BCUT2D eigenvalue weighted by Crippen LogP contribution is 2.35. The van der Waals surface area contributed by atoms with Gasteiger partial charge in [-0.25, -0.2) is 9.97 Å². The quantitative estimate of drug-likeness (QED) is 0.279. The molecule has 2 aliphatic rings. The molecule has 3 aromatic heterocycles. The number of hydrogen-bond donors (Lipinski definition) is 4. The molecule has 37 heavy (non-hydrogen) atoms. The van der Waals surface area contributed by atoms with Crippen molar-refractivity contribution in [3.8, 4) is 11.5 Å². The number of imidazole rings is 1. The van der Waals surface area contributed by atoms with Gasteiger partial charge < -0.3 is 15.6 Å². The molecule has 1 aliphatic heterocycles. The van der Waals surface area contributed by atoms with Crippen molar-refractivity contribution < 1.29 is 4.79 Å². The molecule has 1 amide bonds. The first-order valence-corrected chi connectivity index (χ1v) is 12.4. The second-order valence-corrected chi connectivity index (χ2v) is 9.85. The van der Waals surface area contributed by atoms with Crippen molar-refractivity contribution in [3.05, 3.63) is 89.1 Å². The Bertz CT molecular complexity index is 1760. The van der Waals surface area contributed by atoms with Crippen LogP contribution in [0.3, 0.4) is 0 Å². The summed E-state index contributed by atoms with van der Waals surface area (Å²) in [6, 6.07) is 16.8.